The number of nitrogens with one attached hydrogen (secondary N) is 1. The van der Waals surface area contributed by atoms with Crippen LogP contribution in [0.25, 0.3) is 0 Å². The number of hydrogen-bond acceptors (Lipinski definition) is 3. The molecule has 1 aromatic rings. The van der Waals surface area contributed by atoms with Gasteiger partial charge in [-0.3, -0.25) is 5.10 Å². The molecule has 1 aromatic heterocycles. The predicted molar refractivity (Wildman–Crippen MR) is 53.2 cm³/mol. The molecule has 0 spiro atoms. The van der Waals surface area contributed by atoms with E-state index in [-0.39, 0.29) is 11.0 Å². The van der Waals surface area contributed by atoms with Crippen molar-refractivity contribution in [3.63, 3.8) is 0 Å². The second-order valence-electron chi connectivity index (χ2n) is 3.84. The van der Waals surface area contributed by atoms with Gasteiger partial charge in [0.1, 0.15) is 11.4 Å². The summed E-state index contributed by atoms with van der Waals surface area (Å²) in [6, 6.07) is 0. The highest BCUT2D eigenvalue weighted by Gasteiger charge is 2.35. The highest BCUT2D eigenvalue weighted by Crippen LogP contribution is 2.33. The Bertz CT molecular complexity index is 318. The van der Waals surface area contributed by atoms with E-state index in [0.29, 0.717) is 5.82 Å². The van der Waals surface area contributed by atoms with Gasteiger partial charge in [-0.1, -0.05) is 0 Å². The number of ether oxygens (including phenoxy) is 1. The highest BCUT2D eigenvalue weighted by molar-refractivity contribution is 6.20. The van der Waals surface area contributed by atoms with E-state index < -0.39 is 0 Å². The van der Waals surface area contributed by atoms with E-state index in [4.69, 9.17) is 16.3 Å². The predicted octanol–water partition coefficient (Wildman–Crippen LogP) is 2.13. The summed E-state index contributed by atoms with van der Waals surface area (Å²) < 4.78 is 5.63. The van der Waals surface area contributed by atoms with E-state index >= 15 is 0 Å². The van der Waals surface area contributed by atoms with Crippen LogP contribution in [0.4, 0.5) is 0 Å². The molecular weight excluding hydrogens is 202 g/mol. The third-order valence-electron chi connectivity index (χ3n) is 2.57. The molecule has 0 aromatic carbocycles. The molecule has 2 heterocycles. The van der Waals surface area contributed by atoms with Crippen LogP contribution in [0.3, 0.4) is 0 Å². The van der Waals surface area contributed by atoms with Crippen LogP contribution in [0.5, 0.6) is 0 Å². The molecule has 2 atom stereocenters. The van der Waals surface area contributed by atoms with Crippen LogP contribution in [-0.2, 0) is 10.3 Å². The van der Waals surface area contributed by atoms with Gasteiger partial charge in [-0.25, -0.2) is 4.98 Å². The minimum atomic E-state index is -0.319. The Morgan fingerprint density at radius 1 is 1.64 bits per heavy atom. The fraction of sp³-hybridized carbons (Fsp3) is 0.778. The Hall–Kier alpha value is -0.610. The van der Waals surface area contributed by atoms with Crippen molar-refractivity contribution in [2.45, 2.75) is 37.7 Å². The van der Waals surface area contributed by atoms with Gasteiger partial charge >= 0.3 is 0 Å². The van der Waals surface area contributed by atoms with Crippen molar-refractivity contribution in [3.8, 4) is 0 Å². The van der Waals surface area contributed by atoms with E-state index in [9.17, 15) is 0 Å². The van der Waals surface area contributed by atoms with Gasteiger partial charge in [0.15, 0.2) is 5.82 Å². The number of nitrogens with zero attached hydrogens (tertiary/aromatic N) is 2. The Kier molecular flexibility index (Phi) is 2.49. The van der Waals surface area contributed by atoms with Gasteiger partial charge in [0.05, 0.1) is 5.38 Å². The lowest BCUT2D eigenvalue weighted by Crippen LogP contribution is -2.21. The quantitative estimate of drug-likeness (QED) is 0.769. The summed E-state index contributed by atoms with van der Waals surface area (Å²) in [4.78, 5) is 4.34. The number of hydrogen-bond donors (Lipinski definition) is 1. The van der Waals surface area contributed by atoms with Gasteiger partial charge < -0.3 is 4.74 Å². The summed E-state index contributed by atoms with van der Waals surface area (Å²) in [6.07, 6.45) is 2.04. The maximum atomic E-state index is 5.89. The minimum absolute atomic E-state index is 0.138. The van der Waals surface area contributed by atoms with Crippen molar-refractivity contribution in [2.75, 3.05) is 6.61 Å². The van der Waals surface area contributed by atoms with Crippen LogP contribution in [0, 0.1) is 0 Å². The molecule has 1 aliphatic heterocycles. The Morgan fingerprint density at radius 3 is 2.93 bits per heavy atom. The number of aromatic nitrogens is 3. The second-order valence-corrected chi connectivity index (χ2v) is 4.50. The summed E-state index contributed by atoms with van der Waals surface area (Å²) in [5.41, 5.74) is -0.319. The third kappa shape index (κ3) is 1.64. The van der Waals surface area contributed by atoms with Gasteiger partial charge in [0, 0.05) is 6.61 Å². The highest BCUT2D eigenvalue weighted by atomic mass is 35.5. The Morgan fingerprint density at radius 2 is 2.43 bits per heavy atom. The van der Waals surface area contributed by atoms with Crippen LogP contribution in [0.1, 0.15) is 43.7 Å². The molecule has 1 saturated heterocycles. The fourth-order valence-electron chi connectivity index (χ4n) is 1.64. The van der Waals surface area contributed by atoms with Crippen LogP contribution >= 0.6 is 11.6 Å². The first-order valence-electron chi connectivity index (χ1n) is 4.83. The van der Waals surface area contributed by atoms with Gasteiger partial charge in [-0.2, -0.15) is 5.10 Å². The molecule has 0 bridgehead atoms. The average molecular weight is 216 g/mol. The lowest BCUT2D eigenvalue weighted by molar-refractivity contribution is 0.00959. The summed E-state index contributed by atoms with van der Waals surface area (Å²) >= 11 is 5.89. The molecule has 0 saturated carbocycles. The molecule has 2 rings (SSSR count). The molecule has 0 aliphatic carbocycles. The molecule has 0 radical (unpaired) electrons. The number of alkyl halides is 1. The van der Waals surface area contributed by atoms with Gasteiger partial charge in [0.2, 0.25) is 0 Å². The molecule has 78 valence electrons. The topological polar surface area (TPSA) is 50.8 Å². The van der Waals surface area contributed by atoms with E-state index in [0.717, 1.165) is 25.3 Å². The molecule has 0 amide bonds. The molecule has 1 aliphatic rings. The SMILES string of the molecule is CC(Cl)c1nc(C2(C)CCCO2)n[nH]1. The average Bonchev–Trinajstić information content (AvgIpc) is 2.71. The Labute approximate surface area is 88.0 Å². The molecule has 14 heavy (non-hydrogen) atoms. The number of halogens is 1. The third-order valence-corrected chi connectivity index (χ3v) is 2.78. The van der Waals surface area contributed by atoms with Crippen LogP contribution in [-0.4, -0.2) is 21.8 Å². The molecule has 2 unspecified atom stereocenters. The van der Waals surface area contributed by atoms with Gasteiger partial charge in [-0.15, -0.1) is 11.6 Å². The first-order chi connectivity index (χ1) is 6.62. The van der Waals surface area contributed by atoms with Crippen molar-refractivity contribution < 1.29 is 4.74 Å². The zero-order valence-electron chi connectivity index (χ0n) is 8.38. The number of aromatic amines is 1. The van der Waals surface area contributed by atoms with Gasteiger partial charge in [-0.05, 0) is 26.7 Å². The summed E-state index contributed by atoms with van der Waals surface area (Å²) in [5, 5.41) is 6.84. The summed E-state index contributed by atoms with van der Waals surface area (Å²) in [6.45, 7) is 4.67. The lowest BCUT2D eigenvalue weighted by atomic mass is 10.0. The van der Waals surface area contributed by atoms with E-state index in [1.165, 1.54) is 0 Å². The molecule has 4 nitrogen and oxygen atoms in total. The van der Waals surface area contributed by atoms with Crippen molar-refractivity contribution in [3.05, 3.63) is 11.6 Å². The maximum absolute atomic E-state index is 5.89. The monoisotopic (exact) mass is 215 g/mol. The Balaban J connectivity index is 2.23. The standard InChI is InChI=1S/C9H14ClN3O/c1-6(10)7-11-8(13-12-7)9(2)4-3-5-14-9/h6H,3-5H2,1-2H3,(H,11,12,13). The molecule has 1 N–H and O–H groups in total. The van der Waals surface area contributed by atoms with Crippen LogP contribution < -0.4 is 0 Å². The van der Waals surface area contributed by atoms with Crippen molar-refractivity contribution in [1.82, 2.24) is 15.2 Å². The molecule has 1 fully saturated rings. The first-order valence-corrected chi connectivity index (χ1v) is 5.26. The summed E-state index contributed by atoms with van der Waals surface area (Å²) in [7, 11) is 0. The second kappa shape index (κ2) is 3.51. The van der Waals surface area contributed by atoms with Gasteiger partial charge in [0.25, 0.3) is 0 Å². The maximum Gasteiger partial charge on any atom is 0.182 e. The number of rotatable bonds is 2. The van der Waals surface area contributed by atoms with Crippen molar-refractivity contribution in [2.24, 2.45) is 0 Å². The van der Waals surface area contributed by atoms with Crippen molar-refractivity contribution in [1.29, 1.82) is 0 Å². The smallest absolute Gasteiger partial charge is 0.182 e. The zero-order valence-corrected chi connectivity index (χ0v) is 9.14. The molecular formula is C9H14ClN3O. The van der Waals surface area contributed by atoms with E-state index in [1.807, 2.05) is 13.8 Å². The van der Waals surface area contributed by atoms with Crippen LogP contribution in [0.15, 0.2) is 0 Å². The van der Waals surface area contributed by atoms with E-state index in [2.05, 4.69) is 15.2 Å². The van der Waals surface area contributed by atoms with Crippen molar-refractivity contribution >= 4 is 11.6 Å². The van der Waals surface area contributed by atoms with E-state index in [1.54, 1.807) is 0 Å². The fourth-order valence-corrected chi connectivity index (χ4v) is 1.74. The first kappa shape index (κ1) is 9.93. The summed E-state index contributed by atoms with van der Waals surface area (Å²) in [5.74, 6) is 1.43. The largest absolute Gasteiger partial charge is 0.367 e. The molecule has 5 heteroatoms. The normalized spacial score (nSPS) is 29.4. The lowest BCUT2D eigenvalue weighted by Gasteiger charge is -2.18. The zero-order chi connectivity index (χ0) is 10.2. The minimum Gasteiger partial charge on any atom is -0.367 e. The number of H-pyrrole nitrogens is 1. The van der Waals surface area contributed by atoms with Crippen LogP contribution in [0.2, 0.25) is 0 Å².